The van der Waals surface area contributed by atoms with E-state index in [0.717, 1.165) is 6.20 Å². The lowest BCUT2D eigenvalue weighted by Crippen LogP contribution is -2.41. The van der Waals surface area contributed by atoms with Gasteiger partial charge in [0.25, 0.3) is 10.0 Å². The van der Waals surface area contributed by atoms with E-state index in [2.05, 4.69) is 30.5 Å². The first-order valence-corrected chi connectivity index (χ1v) is 10.6. The molecule has 0 aliphatic rings. The van der Waals surface area contributed by atoms with E-state index >= 15 is 0 Å². The van der Waals surface area contributed by atoms with Gasteiger partial charge in [-0.05, 0) is 26.0 Å². The zero-order valence-corrected chi connectivity index (χ0v) is 18.1. The number of nitrogens with one attached hydrogen (secondary N) is 2. The Hall–Kier alpha value is -4.07. The molecule has 2 N–H and O–H groups in total. The number of ether oxygens (including phenoxy) is 2. The Bertz CT molecular complexity index is 1230. The fraction of sp³-hybridized carbons (Fsp3) is 0.222. The maximum atomic E-state index is 13.4. The van der Waals surface area contributed by atoms with Gasteiger partial charge in [-0.15, -0.1) is 0 Å². The number of hydrogen-bond acceptors (Lipinski definition) is 10. The second-order valence-electron chi connectivity index (χ2n) is 6.10. The highest BCUT2D eigenvalue weighted by atomic mass is 32.2. The summed E-state index contributed by atoms with van der Waals surface area (Å²) in [7, 11) is -3.31. The van der Waals surface area contributed by atoms with Crippen LogP contribution >= 0.6 is 0 Å². The van der Waals surface area contributed by atoms with Crippen LogP contribution in [-0.4, -0.2) is 59.3 Å². The number of esters is 1. The lowest BCUT2D eigenvalue weighted by Gasteiger charge is -2.21. The van der Waals surface area contributed by atoms with E-state index in [0.29, 0.717) is 10.00 Å². The molecule has 0 saturated carbocycles. The first-order chi connectivity index (χ1) is 15.3. The van der Waals surface area contributed by atoms with Gasteiger partial charge >= 0.3 is 12.0 Å². The standard InChI is InChI=1S/C18H19N7O6S/c1-4-31-16(26)12-10-20-24-15(12)32(28,29)25(13-7-5-6-8-19-13)18(27)23-17-21-11(2)9-14(22-17)30-3/h5-10H,4H2,1-3H3,(H,20,24)(H,21,22,23,27). The number of aromatic nitrogens is 5. The molecule has 0 aliphatic heterocycles. The van der Waals surface area contributed by atoms with E-state index in [9.17, 15) is 18.0 Å². The molecule has 0 saturated heterocycles. The molecule has 32 heavy (non-hydrogen) atoms. The Labute approximate surface area is 182 Å². The number of aryl methyl sites for hydroxylation is 1. The van der Waals surface area contributed by atoms with Crippen LogP contribution in [0.1, 0.15) is 23.0 Å². The number of urea groups is 1. The average molecular weight is 461 g/mol. The summed E-state index contributed by atoms with van der Waals surface area (Å²) >= 11 is 0. The number of carbonyl (C=O) groups excluding carboxylic acids is 2. The molecule has 14 heteroatoms. The summed E-state index contributed by atoms with van der Waals surface area (Å²) in [5.41, 5.74) is 0.103. The summed E-state index contributed by atoms with van der Waals surface area (Å²) in [6, 6.07) is 4.71. The summed E-state index contributed by atoms with van der Waals surface area (Å²) in [4.78, 5) is 37.3. The Morgan fingerprint density at radius 3 is 2.69 bits per heavy atom. The highest BCUT2D eigenvalue weighted by Crippen LogP contribution is 2.24. The molecule has 0 aliphatic carbocycles. The van der Waals surface area contributed by atoms with Gasteiger partial charge in [0.05, 0.1) is 19.9 Å². The minimum atomic E-state index is -4.70. The number of anilines is 2. The molecule has 0 radical (unpaired) electrons. The molecule has 3 heterocycles. The Morgan fingerprint density at radius 1 is 1.25 bits per heavy atom. The number of aromatic amines is 1. The predicted octanol–water partition coefficient (Wildman–Crippen LogP) is 1.52. The largest absolute Gasteiger partial charge is 0.481 e. The number of H-pyrrole nitrogens is 1. The second kappa shape index (κ2) is 9.38. The molecule has 2 amide bonds. The van der Waals surface area contributed by atoms with E-state index < -0.39 is 27.0 Å². The molecule has 168 valence electrons. The van der Waals surface area contributed by atoms with Gasteiger partial charge < -0.3 is 9.47 Å². The maximum absolute atomic E-state index is 13.4. The fourth-order valence-electron chi connectivity index (χ4n) is 2.57. The minimum Gasteiger partial charge on any atom is -0.481 e. The minimum absolute atomic E-state index is 0.0144. The molecular formula is C18H19N7O6S. The number of carbonyl (C=O) groups is 2. The molecule has 0 atom stereocenters. The normalized spacial score (nSPS) is 11.0. The van der Waals surface area contributed by atoms with Crippen LogP contribution in [0.25, 0.3) is 0 Å². The van der Waals surface area contributed by atoms with Crippen LogP contribution in [0.15, 0.2) is 41.7 Å². The van der Waals surface area contributed by atoms with Gasteiger partial charge in [-0.25, -0.2) is 19.6 Å². The summed E-state index contributed by atoms with van der Waals surface area (Å²) in [5, 5.41) is 7.54. The van der Waals surface area contributed by atoms with Gasteiger partial charge in [-0.2, -0.15) is 22.8 Å². The summed E-state index contributed by atoms with van der Waals surface area (Å²) < 4.78 is 37.1. The van der Waals surface area contributed by atoms with Crippen LogP contribution in [0.2, 0.25) is 0 Å². The quantitative estimate of drug-likeness (QED) is 0.492. The van der Waals surface area contributed by atoms with Crippen molar-refractivity contribution in [1.29, 1.82) is 0 Å². The highest BCUT2D eigenvalue weighted by molar-refractivity contribution is 7.93. The molecule has 0 bridgehead atoms. The number of hydrogen-bond donors (Lipinski definition) is 2. The molecule has 0 spiro atoms. The van der Waals surface area contributed by atoms with Crippen molar-refractivity contribution in [3.05, 3.63) is 47.9 Å². The summed E-state index contributed by atoms with van der Waals surface area (Å²) in [5.74, 6) is -1.20. The molecule has 3 aromatic rings. The third-order valence-corrected chi connectivity index (χ3v) is 5.56. The Balaban J connectivity index is 2.06. The van der Waals surface area contributed by atoms with Gasteiger partial charge in [-0.1, -0.05) is 6.07 Å². The number of methoxy groups -OCH3 is 1. The molecule has 13 nitrogen and oxygen atoms in total. The Kier molecular flexibility index (Phi) is 6.63. The van der Waals surface area contributed by atoms with Crippen molar-refractivity contribution < 1.29 is 27.5 Å². The first-order valence-electron chi connectivity index (χ1n) is 9.15. The van der Waals surface area contributed by atoms with E-state index in [4.69, 9.17) is 9.47 Å². The van der Waals surface area contributed by atoms with Gasteiger partial charge in [0.2, 0.25) is 11.8 Å². The number of rotatable bonds is 7. The molecule has 0 fully saturated rings. The summed E-state index contributed by atoms with van der Waals surface area (Å²) in [6.45, 7) is 3.22. The van der Waals surface area contributed by atoms with Crippen molar-refractivity contribution in [1.82, 2.24) is 25.1 Å². The fourth-order valence-corrected chi connectivity index (χ4v) is 3.96. The van der Waals surface area contributed by atoms with Crippen LogP contribution in [0.4, 0.5) is 16.6 Å². The zero-order chi connectivity index (χ0) is 23.3. The molecule has 3 aromatic heterocycles. The third kappa shape index (κ3) is 4.64. The van der Waals surface area contributed by atoms with Crippen LogP contribution in [0.5, 0.6) is 5.88 Å². The highest BCUT2D eigenvalue weighted by Gasteiger charge is 2.37. The van der Waals surface area contributed by atoms with Gasteiger partial charge in [0, 0.05) is 18.0 Å². The van der Waals surface area contributed by atoms with Crippen molar-refractivity contribution in [3.63, 3.8) is 0 Å². The lowest BCUT2D eigenvalue weighted by atomic mass is 10.4. The third-order valence-electron chi connectivity index (χ3n) is 3.90. The van der Waals surface area contributed by atoms with E-state index in [1.807, 2.05) is 0 Å². The number of sulfonamides is 1. The van der Waals surface area contributed by atoms with Crippen LogP contribution in [0, 0.1) is 6.92 Å². The van der Waals surface area contributed by atoms with Crippen molar-refractivity contribution in [2.24, 2.45) is 0 Å². The number of amides is 2. The first kappa shape index (κ1) is 22.6. The van der Waals surface area contributed by atoms with E-state index in [1.165, 1.54) is 31.5 Å². The van der Waals surface area contributed by atoms with Crippen molar-refractivity contribution in [3.8, 4) is 5.88 Å². The monoisotopic (exact) mass is 461 g/mol. The molecule has 3 rings (SSSR count). The van der Waals surface area contributed by atoms with E-state index in [1.54, 1.807) is 19.9 Å². The predicted molar refractivity (Wildman–Crippen MR) is 111 cm³/mol. The number of nitrogens with zero attached hydrogens (tertiary/aromatic N) is 5. The molecule has 0 aromatic carbocycles. The van der Waals surface area contributed by atoms with Crippen molar-refractivity contribution in [2.45, 2.75) is 18.9 Å². The van der Waals surface area contributed by atoms with Crippen LogP contribution in [0.3, 0.4) is 0 Å². The smallest absolute Gasteiger partial charge is 0.344 e. The molecular weight excluding hydrogens is 442 g/mol. The van der Waals surface area contributed by atoms with Gasteiger partial charge in [0.15, 0.2) is 10.8 Å². The van der Waals surface area contributed by atoms with Crippen molar-refractivity contribution >= 4 is 33.8 Å². The van der Waals surface area contributed by atoms with Crippen LogP contribution < -0.4 is 14.4 Å². The topological polar surface area (TPSA) is 169 Å². The SMILES string of the molecule is CCOC(=O)c1cn[nH]c1S(=O)(=O)N(C(=O)Nc1nc(C)cc(OC)n1)c1ccccn1. The zero-order valence-electron chi connectivity index (χ0n) is 17.3. The van der Waals surface area contributed by atoms with Gasteiger partial charge in [0.1, 0.15) is 5.56 Å². The van der Waals surface area contributed by atoms with E-state index in [-0.39, 0.29) is 29.8 Å². The Morgan fingerprint density at radius 2 is 2.03 bits per heavy atom. The molecule has 0 unspecified atom stereocenters. The maximum Gasteiger partial charge on any atom is 0.344 e. The second-order valence-corrected chi connectivity index (χ2v) is 7.82. The van der Waals surface area contributed by atoms with Crippen molar-refractivity contribution in [2.75, 3.05) is 23.3 Å². The van der Waals surface area contributed by atoms with Gasteiger partial charge in [-0.3, -0.25) is 10.4 Å². The van der Waals surface area contributed by atoms with Crippen LogP contribution in [-0.2, 0) is 14.8 Å². The average Bonchev–Trinajstić information content (AvgIpc) is 3.25. The summed E-state index contributed by atoms with van der Waals surface area (Å²) in [6.07, 6.45) is 2.30. The number of pyridine rings is 1. The lowest BCUT2D eigenvalue weighted by molar-refractivity contribution is 0.0521.